The van der Waals surface area contributed by atoms with Crippen LogP contribution in [0.5, 0.6) is 0 Å². The van der Waals surface area contributed by atoms with Crippen molar-refractivity contribution in [1.82, 2.24) is 9.55 Å². The number of aromatic nitrogens is 2. The van der Waals surface area contributed by atoms with E-state index in [0.717, 1.165) is 21.6 Å². The van der Waals surface area contributed by atoms with Crippen LogP contribution < -0.4 is 10.9 Å². The first-order valence-electron chi connectivity index (χ1n) is 9.04. The number of amides is 1. The van der Waals surface area contributed by atoms with Crippen molar-refractivity contribution in [3.63, 3.8) is 0 Å². The molecule has 4 rings (SSSR count). The van der Waals surface area contributed by atoms with E-state index in [2.05, 4.69) is 10.3 Å². The van der Waals surface area contributed by atoms with Crippen LogP contribution in [0.2, 0.25) is 5.02 Å². The van der Waals surface area contributed by atoms with Crippen molar-refractivity contribution in [1.29, 1.82) is 0 Å². The number of nitrogens with one attached hydrogen (secondary N) is 1. The third-order valence-electron chi connectivity index (χ3n) is 4.63. The molecule has 5 nitrogen and oxygen atoms in total. The summed E-state index contributed by atoms with van der Waals surface area (Å²) in [5.74, 6) is -0.341. The van der Waals surface area contributed by atoms with Crippen LogP contribution in [0.4, 0.5) is 5.69 Å². The minimum absolute atomic E-state index is 0.144. The lowest BCUT2D eigenvalue weighted by molar-refractivity contribution is -0.116. The Morgan fingerprint density at radius 2 is 1.93 bits per heavy atom. The van der Waals surface area contributed by atoms with Crippen molar-refractivity contribution in [2.45, 2.75) is 20.4 Å². The molecule has 1 amide bonds. The van der Waals surface area contributed by atoms with Crippen molar-refractivity contribution in [3.05, 3.63) is 80.7 Å². The Labute approximate surface area is 176 Å². The van der Waals surface area contributed by atoms with Gasteiger partial charge in [0.05, 0.1) is 22.4 Å². The Hall–Kier alpha value is -2.96. The Bertz CT molecular complexity index is 1280. The van der Waals surface area contributed by atoms with Gasteiger partial charge in [-0.05, 0) is 37.1 Å². The predicted octanol–water partition coefficient (Wildman–Crippen LogP) is 5.03. The van der Waals surface area contributed by atoms with Crippen molar-refractivity contribution in [2.24, 2.45) is 0 Å². The van der Waals surface area contributed by atoms with E-state index >= 15 is 0 Å². The second-order valence-electron chi connectivity index (χ2n) is 6.79. The zero-order valence-corrected chi connectivity index (χ0v) is 17.5. The van der Waals surface area contributed by atoms with Gasteiger partial charge in [0.15, 0.2) is 0 Å². The van der Waals surface area contributed by atoms with Gasteiger partial charge < -0.3 is 5.32 Å². The molecule has 2 aromatic carbocycles. The molecule has 0 saturated heterocycles. The van der Waals surface area contributed by atoms with E-state index in [1.165, 1.54) is 22.2 Å². The first kappa shape index (κ1) is 19.4. The van der Waals surface area contributed by atoms with Gasteiger partial charge in [0.25, 0.3) is 5.56 Å². The van der Waals surface area contributed by atoms with E-state index in [9.17, 15) is 9.59 Å². The van der Waals surface area contributed by atoms with E-state index in [-0.39, 0.29) is 18.0 Å². The molecule has 0 fully saturated rings. The van der Waals surface area contributed by atoms with Crippen LogP contribution in [0.15, 0.2) is 59.7 Å². The van der Waals surface area contributed by atoms with E-state index in [0.29, 0.717) is 20.9 Å². The summed E-state index contributed by atoms with van der Waals surface area (Å²) >= 11 is 7.66. The number of hydrogen-bond donors (Lipinski definition) is 1. The van der Waals surface area contributed by atoms with E-state index in [1.54, 1.807) is 12.1 Å². The number of carbonyl (C=O) groups excluding carboxylic acids is 1. The zero-order valence-electron chi connectivity index (χ0n) is 15.9. The summed E-state index contributed by atoms with van der Waals surface area (Å²) < 4.78 is 1.33. The normalized spacial score (nSPS) is 11.0. The van der Waals surface area contributed by atoms with Crippen LogP contribution in [0.3, 0.4) is 0 Å². The predicted molar refractivity (Wildman–Crippen MR) is 119 cm³/mol. The van der Waals surface area contributed by atoms with Crippen molar-refractivity contribution in [3.8, 4) is 11.1 Å². The van der Waals surface area contributed by atoms with Crippen LogP contribution in [0, 0.1) is 13.8 Å². The van der Waals surface area contributed by atoms with Gasteiger partial charge in [-0.2, -0.15) is 0 Å². The molecule has 0 aliphatic heterocycles. The Morgan fingerprint density at radius 3 is 2.66 bits per heavy atom. The number of rotatable bonds is 4. The summed E-state index contributed by atoms with van der Waals surface area (Å²) in [6.07, 6.45) is 1.42. The fourth-order valence-corrected chi connectivity index (χ4v) is 4.55. The monoisotopic (exact) mass is 423 g/mol. The number of benzene rings is 2. The summed E-state index contributed by atoms with van der Waals surface area (Å²) in [6, 6.07) is 15.1. The van der Waals surface area contributed by atoms with Gasteiger partial charge in [-0.25, -0.2) is 4.98 Å². The lowest BCUT2D eigenvalue weighted by Crippen LogP contribution is -2.27. The number of halogens is 1. The standard InChI is InChI=1S/C22H18ClN3O2S/c1-13-8-9-17(16(23)10-13)25-18(27)11-26-12-24-21-20(22(26)28)19(14(2)29-21)15-6-4-3-5-7-15/h3-10,12H,11H2,1-2H3,(H,25,27). The fraction of sp³-hybridized carbons (Fsp3) is 0.136. The number of thiophene rings is 1. The Balaban J connectivity index is 1.69. The molecule has 0 bridgehead atoms. The number of carbonyl (C=O) groups is 1. The van der Waals surface area contributed by atoms with Gasteiger partial charge in [-0.3, -0.25) is 14.2 Å². The molecule has 0 aliphatic carbocycles. The summed E-state index contributed by atoms with van der Waals surface area (Å²) in [7, 11) is 0. The summed E-state index contributed by atoms with van der Waals surface area (Å²) in [6.45, 7) is 3.75. The third-order valence-corrected chi connectivity index (χ3v) is 5.96. The smallest absolute Gasteiger partial charge is 0.263 e. The topological polar surface area (TPSA) is 64.0 Å². The Kier molecular flexibility index (Phi) is 5.22. The van der Waals surface area contributed by atoms with Crippen LogP contribution in [-0.2, 0) is 11.3 Å². The number of hydrogen-bond acceptors (Lipinski definition) is 4. The van der Waals surface area contributed by atoms with E-state index in [1.807, 2.05) is 50.2 Å². The highest BCUT2D eigenvalue weighted by Crippen LogP contribution is 2.35. The quantitative estimate of drug-likeness (QED) is 0.500. The van der Waals surface area contributed by atoms with Gasteiger partial charge in [-0.1, -0.05) is 48.0 Å². The highest BCUT2D eigenvalue weighted by Gasteiger charge is 2.18. The molecule has 2 aromatic heterocycles. The second kappa shape index (κ2) is 7.81. The van der Waals surface area contributed by atoms with Gasteiger partial charge >= 0.3 is 0 Å². The van der Waals surface area contributed by atoms with Gasteiger partial charge in [-0.15, -0.1) is 11.3 Å². The summed E-state index contributed by atoms with van der Waals surface area (Å²) in [5, 5.41) is 3.76. The van der Waals surface area contributed by atoms with Gasteiger partial charge in [0.2, 0.25) is 5.91 Å². The number of aryl methyl sites for hydroxylation is 2. The molecule has 0 spiro atoms. The van der Waals surface area contributed by atoms with Crippen molar-refractivity contribution < 1.29 is 4.79 Å². The fourth-order valence-electron chi connectivity index (χ4n) is 3.27. The molecular weight excluding hydrogens is 406 g/mol. The van der Waals surface area contributed by atoms with Crippen molar-refractivity contribution >= 4 is 44.7 Å². The highest BCUT2D eigenvalue weighted by molar-refractivity contribution is 7.19. The molecule has 146 valence electrons. The molecule has 0 atom stereocenters. The van der Waals surface area contributed by atoms with Crippen LogP contribution in [-0.4, -0.2) is 15.5 Å². The molecule has 1 N–H and O–H groups in total. The maximum atomic E-state index is 13.2. The van der Waals surface area contributed by atoms with Crippen LogP contribution >= 0.6 is 22.9 Å². The molecule has 2 heterocycles. The third kappa shape index (κ3) is 3.81. The lowest BCUT2D eigenvalue weighted by atomic mass is 10.0. The number of fused-ring (bicyclic) bond motifs is 1. The van der Waals surface area contributed by atoms with E-state index in [4.69, 9.17) is 11.6 Å². The van der Waals surface area contributed by atoms with Crippen LogP contribution in [0.1, 0.15) is 10.4 Å². The molecule has 7 heteroatoms. The second-order valence-corrected chi connectivity index (χ2v) is 8.40. The molecule has 0 unspecified atom stereocenters. The zero-order chi connectivity index (χ0) is 20.5. The lowest BCUT2D eigenvalue weighted by Gasteiger charge is -2.09. The average molecular weight is 424 g/mol. The minimum Gasteiger partial charge on any atom is -0.323 e. The molecule has 4 aromatic rings. The van der Waals surface area contributed by atoms with Gasteiger partial charge in [0, 0.05) is 10.4 Å². The maximum Gasteiger partial charge on any atom is 0.263 e. The van der Waals surface area contributed by atoms with Gasteiger partial charge in [0.1, 0.15) is 11.4 Å². The Morgan fingerprint density at radius 1 is 1.17 bits per heavy atom. The molecule has 29 heavy (non-hydrogen) atoms. The largest absolute Gasteiger partial charge is 0.323 e. The first-order chi connectivity index (χ1) is 13.9. The molecule has 0 radical (unpaired) electrons. The average Bonchev–Trinajstić information content (AvgIpc) is 3.04. The molecule has 0 saturated carbocycles. The maximum absolute atomic E-state index is 13.2. The number of anilines is 1. The molecular formula is C22H18ClN3O2S. The highest BCUT2D eigenvalue weighted by atomic mass is 35.5. The summed E-state index contributed by atoms with van der Waals surface area (Å²) in [4.78, 5) is 31.8. The number of nitrogens with zero attached hydrogens (tertiary/aromatic N) is 2. The SMILES string of the molecule is Cc1ccc(NC(=O)Cn2cnc3sc(C)c(-c4ccccc4)c3c2=O)c(Cl)c1. The van der Waals surface area contributed by atoms with E-state index < -0.39 is 0 Å². The molecule has 0 aliphatic rings. The summed E-state index contributed by atoms with van der Waals surface area (Å²) in [5.41, 5.74) is 3.12. The first-order valence-corrected chi connectivity index (χ1v) is 10.2. The van der Waals surface area contributed by atoms with Crippen LogP contribution in [0.25, 0.3) is 21.3 Å². The van der Waals surface area contributed by atoms with Crippen molar-refractivity contribution in [2.75, 3.05) is 5.32 Å². The minimum atomic E-state index is -0.341.